The third kappa shape index (κ3) is 4.43. The van der Waals surface area contributed by atoms with Crippen LogP contribution in [-0.4, -0.2) is 22.7 Å². The molecule has 2 aromatic heterocycles. The van der Waals surface area contributed by atoms with Crippen molar-refractivity contribution in [2.75, 3.05) is 12.0 Å². The number of rotatable bonds is 8. The molecule has 34 heavy (non-hydrogen) atoms. The standard InChI is InChI=1S/C28H38N4O2/c1-18(2)22-12-8-13-23(19(3)4)25(22)32(28(29)33)27(20-10-6-7-11-20)31-16-21(17-34-5)24-14-9-15-30-26(24)31/h8-9,12-16,18-20,27H,6-7,10-11,17H2,1-5H3,(H2,29,33). The van der Waals surface area contributed by atoms with Crippen molar-refractivity contribution < 1.29 is 9.53 Å². The molecule has 182 valence electrons. The molecular formula is C28H38N4O2. The quantitative estimate of drug-likeness (QED) is 0.404. The zero-order valence-electron chi connectivity index (χ0n) is 21.1. The lowest BCUT2D eigenvalue weighted by Gasteiger charge is -2.39. The monoisotopic (exact) mass is 462 g/mol. The lowest BCUT2D eigenvalue weighted by Crippen LogP contribution is -2.45. The summed E-state index contributed by atoms with van der Waals surface area (Å²) in [5, 5.41) is 1.05. The molecule has 2 amide bonds. The molecule has 0 radical (unpaired) electrons. The maximum atomic E-state index is 13.4. The number of amides is 2. The summed E-state index contributed by atoms with van der Waals surface area (Å²) in [5.41, 5.74) is 11.4. The molecule has 4 rings (SSSR count). The molecule has 0 bridgehead atoms. The SMILES string of the molecule is COCc1cn(C(C2CCCC2)N(C(N)=O)c2c(C(C)C)cccc2C(C)C)c2ncccc12. The molecule has 1 fully saturated rings. The van der Waals surface area contributed by atoms with Gasteiger partial charge in [-0.3, -0.25) is 4.90 Å². The number of para-hydroxylation sites is 1. The van der Waals surface area contributed by atoms with E-state index in [0.29, 0.717) is 12.5 Å². The number of nitrogens with two attached hydrogens (primary N) is 1. The minimum Gasteiger partial charge on any atom is -0.380 e. The van der Waals surface area contributed by atoms with E-state index in [0.717, 1.165) is 59.1 Å². The Balaban J connectivity index is 2.00. The fourth-order valence-electron chi connectivity index (χ4n) is 5.60. The number of ether oxygens (including phenoxy) is 1. The number of carbonyl (C=O) groups excluding carboxylic acids is 1. The minimum atomic E-state index is -0.419. The first-order chi connectivity index (χ1) is 16.3. The van der Waals surface area contributed by atoms with Crippen LogP contribution >= 0.6 is 0 Å². The van der Waals surface area contributed by atoms with Crippen LogP contribution in [0.25, 0.3) is 11.0 Å². The molecule has 2 heterocycles. The van der Waals surface area contributed by atoms with E-state index in [1.807, 2.05) is 17.2 Å². The van der Waals surface area contributed by atoms with Gasteiger partial charge in [-0.15, -0.1) is 0 Å². The van der Waals surface area contributed by atoms with Gasteiger partial charge in [0.25, 0.3) is 0 Å². The number of anilines is 1. The highest BCUT2D eigenvalue weighted by Gasteiger charge is 2.38. The Labute approximate surface area is 203 Å². The maximum absolute atomic E-state index is 13.4. The summed E-state index contributed by atoms with van der Waals surface area (Å²) >= 11 is 0. The number of nitrogens with zero attached hydrogens (tertiary/aromatic N) is 3. The van der Waals surface area contributed by atoms with Gasteiger partial charge >= 0.3 is 6.03 Å². The lowest BCUT2D eigenvalue weighted by atomic mass is 9.90. The minimum absolute atomic E-state index is 0.250. The molecule has 1 aromatic carbocycles. The summed E-state index contributed by atoms with van der Waals surface area (Å²) in [6, 6.07) is 9.98. The first-order valence-electron chi connectivity index (χ1n) is 12.5. The molecule has 3 aromatic rings. The Morgan fingerprint density at radius 1 is 1.12 bits per heavy atom. The van der Waals surface area contributed by atoms with Crippen LogP contribution < -0.4 is 10.6 Å². The van der Waals surface area contributed by atoms with Crippen molar-refractivity contribution in [2.24, 2.45) is 11.7 Å². The molecule has 6 heteroatoms. The molecule has 1 aliphatic rings. The lowest BCUT2D eigenvalue weighted by molar-refractivity contribution is 0.185. The highest BCUT2D eigenvalue weighted by atomic mass is 16.5. The molecule has 1 unspecified atom stereocenters. The van der Waals surface area contributed by atoms with E-state index in [-0.39, 0.29) is 18.0 Å². The number of benzene rings is 1. The molecule has 6 nitrogen and oxygen atoms in total. The van der Waals surface area contributed by atoms with Crippen LogP contribution in [0.2, 0.25) is 0 Å². The van der Waals surface area contributed by atoms with Gasteiger partial charge in [0.1, 0.15) is 11.8 Å². The van der Waals surface area contributed by atoms with Gasteiger partial charge in [-0.05, 0) is 53.9 Å². The van der Waals surface area contributed by atoms with E-state index in [9.17, 15) is 4.79 Å². The highest BCUT2D eigenvalue weighted by Crippen LogP contribution is 2.44. The van der Waals surface area contributed by atoms with Crippen molar-refractivity contribution in [3.8, 4) is 0 Å². The third-order valence-electron chi connectivity index (χ3n) is 7.16. The number of urea groups is 1. The van der Waals surface area contributed by atoms with Crippen LogP contribution in [-0.2, 0) is 11.3 Å². The summed E-state index contributed by atoms with van der Waals surface area (Å²) in [6.45, 7) is 9.20. The molecule has 2 N–H and O–H groups in total. The molecule has 0 saturated heterocycles. The van der Waals surface area contributed by atoms with Gasteiger partial charge in [0.2, 0.25) is 0 Å². The molecule has 1 atom stereocenters. The number of pyridine rings is 1. The Kier molecular flexibility index (Phi) is 7.27. The van der Waals surface area contributed by atoms with Crippen molar-refractivity contribution in [1.29, 1.82) is 0 Å². The molecule has 1 aliphatic carbocycles. The molecule has 0 spiro atoms. The second-order valence-corrected chi connectivity index (χ2v) is 10.1. The largest absolute Gasteiger partial charge is 0.380 e. The van der Waals surface area contributed by atoms with Crippen molar-refractivity contribution in [1.82, 2.24) is 9.55 Å². The molecule has 0 aliphatic heterocycles. The van der Waals surface area contributed by atoms with Crippen LogP contribution in [0.1, 0.15) is 88.1 Å². The Morgan fingerprint density at radius 2 is 1.76 bits per heavy atom. The van der Waals surface area contributed by atoms with Crippen LogP contribution in [0.5, 0.6) is 0 Å². The van der Waals surface area contributed by atoms with Crippen LogP contribution in [0.4, 0.5) is 10.5 Å². The second kappa shape index (κ2) is 10.2. The van der Waals surface area contributed by atoms with E-state index in [2.05, 4.69) is 62.7 Å². The first kappa shape index (κ1) is 24.3. The number of methoxy groups -OCH3 is 1. The number of fused-ring (bicyclic) bond motifs is 1. The van der Waals surface area contributed by atoms with Gasteiger partial charge < -0.3 is 15.0 Å². The van der Waals surface area contributed by atoms with Crippen LogP contribution in [0.3, 0.4) is 0 Å². The predicted octanol–water partition coefficient (Wildman–Crippen LogP) is 6.70. The van der Waals surface area contributed by atoms with E-state index in [1.54, 1.807) is 7.11 Å². The zero-order chi connectivity index (χ0) is 24.4. The Morgan fingerprint density at radius 3 is 2.32 bits per heavy atom. The smallest absolute Gasteiger partial charge is 0.321 e. The predicted molar refractivity (Wildman–Crippen MR) is 138 cm³/mol. The number of aromatic nitrogens is 2. The van der Waals surface area contributed by atoms with Gasteiger partial charge in [0.05, 0.1) is 12.3 Å². The van der Waals surface area contributed by atoms with Crippen molar-refractivity contribution in [2.45, 2.75) is 78.0 Å². The van der Waals surface area contributed by atoms with Gasteiger partial charge in [0, 0.05) is 30.5 Å². The first-order valence-corrected chi connectivity index (χ1v) is 12.5. The molecule has 1 saturated carbocycles. The second-order valence-electron chi connectivity index (χ2n) is 10.1. The van der Waals surface area contributed by atoms with E-state index in [1.165, 1.54) is 0 Å². The third-order valence-corrected chi connectivity index (χ3v) is 7.16. The van der Waals surface area contributed by atoms with Crippen molar-refractivity contribution >= 4 is 22.8 Å². The van der Waals surface area contributed by atoms with Crippen molar-refractivity contribution in [3.63, 3.8) is 0 Å². The Hall–Kier alpha value is -2.86. The maximum Gasteiger partial charge on any atom is 0.321 e. The van der Waals surface area contributed by atoms with E-state index < -0.39 is 6.03 Å². The summed E-state index contributed by atoms with van der Waals surface area (Å²) in [6.07, 6.45) is 8.12. The number of hydrogen-bond acceptors (Lipinski definition) is 3. The van der Waals surface area contributed by atoms with Crippen LogP contribution in [0, 0.1) is 5.92 Å². The van der Waals surface area contributed by atoms with Gasteiger partial charge in [-0.2, -0.15) is 0 Å². The van der Waals surface area contributed by atoms with Crippen molar-refractivity contribution in [3.05, 3.63) is 59.4 Å². The summed E-state index contributed by atoms with van der Waals surface area (Å²) < 4.78 is 7.69. The summed E-state index contributed by atoms with van der Waals surface area (Å²) in [5.74, 6) is 0.799. The highest BCUT2D eigenvalue weighted by molar-refractivity contribution is 5.94. The fraction of sp³-hybridized carbons (Fsp3) is 0.500. The van der Waals surface area contributed by atoms with Gasteiger partial charge in [-0.25, -0.2) is 9.78 Å². The fourth-order valence-corrected chi connectivity index (χ4v) is 5.60. The van der Waals surface area contributed by atoms with Gasteiger partial charge in [0.15, 0.2) is 0 Å². The normalized spacial score (nSPS) is 15.5. The number of carbonyl (C=O) groups is 1. The topological polar surface area (TPSA) is 73.4 Å². The van der Waals surface area contributed by atoms with Crippen LogP contribution in [0.15, 0.2) is 42.7 Å². The number of hydrogen-bond donors (Lipinski definition) is 1. The Bertz CT molecular complexity index is 1120. The average Bonchev–Trinajstić information content (AvgIpc) is 3.46. The number of primary amides is 1. The zero-order valence-corrected chi connectivity index (χ0v) is 21.1. The average molecular weight is 463 g/mol. The molecular weight excluding hydrogens is 424 g/mol. The van der Waals surface area contributed by atoms with E-state index >= 15 is 0 Å². The van der Waals surface area contributed by atoms with E-state index in [4.69, 9.17) is 15.5 Å². The van der Waals surface area contributed by atoms with Gasteiger partial charge in [-0.1, -0.05) is 58.7 Å². The summed E-state index contributed by atoms with van der Waals surface area (Å²) in [7, 11) is 1.71. The summed E-state index contributed by atoms with van der Waals surface area (Å²) in [4.78, 5) is 20.0.